The first kappa shape index (κ1) is 13.3. The highest BCUT2D eigenvalue weighted by atomic mass is 32.1. The van der Waals surface area contributed by atoms with E-state index in [1.165, 1.54) is 11.3 Å². The Morgan fingerprint density at radius 1 is 1.24 bits per heavy atom. The molecular weight excluding hydrogens is 290 g/mol. The topological polar surface area (TPSA) is 88.3 Å². The number of rotatable bonds is 4. The zero-order valence-corrected chi connectivity index (χ0v) is 11.6. The number of phenolic OH excluding ortho intramolecular Hbond substituents is 1. The van der Waals surface area contributed by atoms with Crippen LogP contribution in [-0.4, -0.2) is 15.0 Å². The maximum Gasteiger partial charge on any atom is 0.319 e. The molecule has 0 aliphatic rings. The number of phenols is 1. The first-order chi connectivity index (χ1) is 10.1. The van der Waals surface area contributed by atoms with Crippen LogP contribution in [0, 0.1) is 10.1 Å². The lowest BCUT2D eigenvalue weighted by Gasteiger charge is -2.07. The van der Waals surface area contributed by atoms with Crippen molar-refractivity contribution in [1.29, 1.82) is 0 Å². The van der Waals surface area contributed by atoms with E-state index in [0.29, 0.717) is 17.7 Å². The van der Waals surface area contributed by atoms with Gasteiger partial charge in [-0.3, -0.25) is 10.1 Å². The van der Waals surface area contributed by atoms with E-state index in [2.05, 4.69) is 10.3 Å². The smallest absolute Gasteiger partial charge is 0.319 e. The number of hydrogen-bond donors (Lipinski definition) is 2. The van der Waals surface area contributed by atoms with Crippen LogP contribution in [0.3, 0.4) is 0 Å². The molecule has 1 heterocycles. The number of thiazole rings is 1. The molecule has 6 nitrogen and oxygen atoms in total. The maximum atomic E-state index is 11.3. The van der Waals surface area contributed by atoms with Gasteiger partial charge in [0.05, 0.1) is 15.1 Å². The van der Waals surface area contributed by atoms with Crippen molar-refractivity contribution < 1.29 is 10.0 Å². The molecule has 106 valence electrons. The van der Waals surface area contributed by atoms with Crippen molar-refractivity contribution in [3.63, 3.8) is 0 Å². The summed E-state index contributed by atoms with van der Waals surface area (Å²) in [6, 6.07) is 10.2. The fourth-order valence-electron chi connectivity index (χ4n) is 2.06. The van der Waals surface area contributed by atoms with Crippen LogP contribution < -0.4 is 5.32 Å². The van der Waals surface area contributed by atoms with Gasteiger partial charge in [-0.2, -0.15) is 0 Å². The first-order valence-corrected chi connectivity index (χ1v) is 7.05. The molecule has 2 aromatic carbocycles. The second-order valence-corrected chi connectivity index (χ2v) is 5.32. The molecule has 0 unspecified atom stereocenters. The van der Waals surface area contributed by atoms with Crippen molar-refractivity contribution in [2.45, 2.75) is 6.54 Å². The Morgan fingerprint density at radius 3 is 2.71 bits per heavy atom. The molecule has 0 atom stereocenters. The summed E-state index contributed by atoms with van der Waals surface area (Å²) in [4.78, 5) is 14.9. The SMILES string of the molecule is O=[N+]([O-])c1c(NCc2ccc(O)cc2)ccc2scnc12. The average Bonchev–Trinajstić information content (AvgIpc) is 2.94. The van der Waals surface area contributed by atoms with E-state index in [1.807, 2.05) is 6.07 Å². The number of nitro groups is 1. The standard InChI is InChI=1S/C14H11N3O3S/c18-10-3-1-9(2-4-10)7-15-11-5-6-12-13(16-8-21-12)14(11)17(19)20/h1-6,8,15,18H,7H2. The molecule has 0 aliphatic heterocycles. The van der Waals surface area contributed by atoms with Gasteiger partial charge in [-0.15, -0.1) is 11.3 Å². The van der Waals surface area contributed by atoms with Crippen LogP contribution in [-0.2, 0) is 6.54 Å². The number of nitrogens with zero attached hydrogens (tertiary/aromatic N) is 2. The number of benzene rings is 2. The van der Waals surface area contributed by atoms with E-state index >= 15 is 0 Å². The average molecular weight is 301 g/mol. The second-order valence-electron chi connectivity index (χ2n) is 4.44. The van der Waals surface area contributed by atoms with Gasteiger partial charge in [-0.1, -0.05) is 12.1 Å². The summed E-state index contributed by atoms with van der Waals surface area (Å²) in [6.45, 7) is 0.427. The van der Waals surface area contributed by atoms with Gasteiger partial charge in [-0.25, -0.2) is 4.98 Å². The van der Waals surface area contributed by atoms with Gasteiger partial charge in [0.25, 0.3) is 0 Å². The van der Waals surface area contributed by atoms with Crippen LogP contribution in [0.4, 0.5) is 11.4 Å². The normalized spacial score (nSPS) is 10.7. The predicted octanol–water partition coefficient (Wildman–Crippen LogP) is 3.52. The fourth-order valence-corrected chi connectivity index (χ4v) is 2.73. The highest BCUT2D eigenvalue weighted by Crippen LogP contribution is 2.34. The maximum absolute atomic E-state index is 11.3. The van der Waals surface area contributed by atoms with Crippen LogP contribution in [0.1, 0.15) is 5.56 Å². The van der Waals surface area contributed by atoms with Crippen LogP contribution in [0.25, 0.3) is 10.2 Å². The zero-order valence-electron chi connectivity index (χ0n) is 10.8. The molecule has 0 aliphatic carbocycles. The van der Waals surface area contributed by atoms with E-state index in [4.69, 9.17) is 0 Å². The lowest BCUT2D eigenvalue weighted by molar-refractivity contribution is -0.382. The number of hydrogen-bond acceptors (Lipinski definition) is 6. The van der Waals surface area contributed by atoms with E-state index in [-0.39, 0.29) is 11.4 Å². The van der Waals surface area contributed by atoms with E-state index in [9.17, 15) is 15.2 Å². The van der Waals surface area contributed by atoms with Crippen LogP contribution in [0.15, 0.2) is 41.9 Å². The summed E-state index contributed by atoms with van der Waals surface area (Å²) in [7, 11) is 0. The first-order valence-electron chi connectivity index (χ1n) is 6.17. The lowest BCUT2D eigenvalue weighted by atomic mass is 10.2. The van der Waals surface area contributed by atoms with Gasteiger partial charge in [0.1, 0.15) is 11.4 Å². The molecule has 1 aromatic heterocycles. The molecule has 21 heavy (non-hydrogen) atoms. The summed E-state index contributed by atoms with van der Waals surface area (Å²) < 4.78 is 0.789. The molecule has 3 rings (SSSR count). The third kappa shape index (κ3) is 2.63. The van der Waals surface area contributed by atoms with Crippen LogP contribution in [0.5, 0.6) is 5.75 Å². The van der Waals surface area contributed by atoms with Gasteiger partial charge >= 0.3 is 5.69 Å². The van der Waals surface area contributed by atoms with Gasteiger partial charge in [-0.05, 0) is 29.8 Å². The van der Waals surface area contributed by atoms with Crippen molar-refractivity contribution in [1.82, 2.24) is 4.98 Å². The Balaban J connectivity index is 1.91. The Kier molecular flexibility index (Phi) is 3.41. The molecule has 0 fully saturated rings. The van der Waals surface area contributed by atoms with Gasteiger partial charge in [0.2, 0.25) is 0 Å². The Bertz CT molecular complexity index is 799. The summed E-state index contributed by atoms with van der Waals surface area (Å²) in [5.41, 5.74) is 3.35. The number of nitrogens with one attached hydrogen (secondary N) is 1. The number of aromatic hydroxyl groups is 1. The zero-order chi connectivity index (χ0) is 14.8. The van der Waals surface area contributed by atoms with Crippen LogP contribution >= 0.6 is 11.3 Å². The molecule has 3 aromatic rings. The number of nitro benzene ring substituents is 1. The minimum atomic E-state index is -0.415. The van der Waals surface area contributed by atoms with Crippen LogP contribution in [0.2, 0.25) is 0 Å². The lowest BCUT2D eigenvalue weighted by Crippen LogP contribution is -2.03. The predicted molar refractivity (Wildman–Crippen MR) is 81.7 cm³/mol. The highest BCUT2D eigenvalue weighted by molar-refractivity contribution is 7.16. The Labute approximate surface area is 123 Å². The highest BCUT2D eigenvalue weighted by Gasteiger charge is 2.20. The third-order valence-electron chi connectivity index (χ3n) is 3.08. The van der Waals surface area contributed by atoms with Crippen molar-refractivity contribution in [3.05, 3.63) is 57.6 Å². The summed E-state index contributed by atoms with van der Waals surface area (Å²) in [5, 5.41) is 23.6. The fraction of sp³-hybridized carbons (Fsp3) is 0.0714. The Morgan fingerprint density at radius 2 is 2.00 bits per heavy atom. The van der Waals surface area contributed by atoms with E-state index in [0.717, 1.165) is 10.3 Å². The summed E-state index contributed by atoms with van der Waals surface area (Å²) in [5.74, 6) is 0.189. The molecule has 0 saturated carbocycles. The summed E-state index contributed by atoms with van der Waals surface area (Å²) in [6.07, 6.45) is 0. The van der Waals surface area contributed by atoms with E-state index < -0.39 is 4.92 Å². The van der Waals surface area contributed by atoms with Gasteiger partial charge in [0, 0.05) is 6.54 Å². The number of aromatic nitrogens is 1. The molecule has 2 N–H and O–H groups in total. The third-order valence-corrected chi connectivity index (χ3v) is 3.87. The molecule has 7 heteroatoms. The van der Waals surface area contributed by atoms with Crippen molar-refractivity contribution in [2.24, 2.45) is 0 Å². The minimum Gasteiger partial charge on any atom is -0.508 e. The van der Waals surface area contributed by atoms with E-state index in [1.54, 1.807) is 35.8 Å². The monoisotopic (exact) mass is 301 g/mol. The Hall–Kier alpha value is -2.67. The summed E-state index contributed by atoms with van der Waals surface area (Å²) >= 11 is 1.37. The number of fused-ring (bicyclic) bond motifs is 1. The molecule has 0 bridgehead atoms. The van der Waals surface area contributed by atoms with Crippen molar-refractivity contribution >= 4 is 32.9 Å². The largest absolute Gasteiger partial charge is 0.508 e. The van der Waals surface area contributed by atoms with Gasteiger partial charge < -0.3 is 10.4 Å². The molecule has 0 saturated heterocycles. The molecular formula is C14H11N3O3S. The number of anilines is 1. The van der Waals surface area contributed by atoms with Gasteiger partial charge in [0.15, 0.2) is 5.52 Å². The molecule has 0 spiro atoms. The van der Waals surface area contributed by atoms with Crippen molar-refractivity contribution in [2.75, 3.05) is 5.32 Å². The molecule has 0 radical (unpaired) electrons. The quantitative estimate of drug-likeness (QED) is 0.568. The second kappa shape index (κ2) is 5.37. The van der Waals surface area contributed by atoms with Crippen molar-refractivity contribution in [3.8, 4) is 5.75 Å². The molecule has 0 amide bonds. The minimum absolute atomic E-state index is 0.00692.